The minimum atomic E-state index is 0.215. The molecular formula is C11H14N2O. The van der Waals surface area contributed by atoms with Crippen molar-refractivity contribution in [1.82, 2.24) is 10.3 Å². The zero-order valence-corrected chi connectivity index (χ0v) is 8.07. The second-order valence-corrected chi connectivity index (χ2v) is 4.12. The summed E-state index contributed by atoms with van der Waals surface area (Å²) in [4.78, 5) is 4.47. The van der Waals surface area contributed by atoms with Gasteiger partial charge in [0.05, 0.1) is 23.8 Å². The Morgan fingerprint density at radius 1 is 1.50 bits per heavy atom. The van der Waals surface area contributed by atoms with Crippen LogP contribution in [0.2, 0.25) is 0 Å². The van der Waals surface area contributed by atoms with Crippen molar-refractivity contribution in [1.29, 1.82) is 0 Å². The summed E-state index contributed by atoms with van der Waals surface area (Å²) in [7, 11) is 0. The molecule has 0 radical (unpaired) electrons. The van der Waals surface area contributed by atoms with Gasteiger partial charge in [-0.2, -0.15) is 0 Å². The molecule has 2 fully saturated rings. The lowest BCUT2D eigenvalue weighted by atomic mass is 9.70. The van der Waals surface area contributed by atoms with Crippen LogP contribution in [0, 0.1) is 0 Å². The van der Waals surface area contributed by atoms with Gasteiger partial charge in [-0.25, -0.2) is 0 Å². The fourth-order valence-corrected chi connectivity index (χ4v) is 2.46. The molecule has 2 saturated heterocycles. The van der Waals surface area contributed by atoms with E-state index in [2.05, 4.69) is 22.4 Å². The molecule has 74 valence electrons. The third-order valence-electron chi connectivity index (χ3n) is 3.41. The Labute approximate surface area is 83.5 Å². The number of ether oxygens (including phenoxy) is 1. The SMILES string of the molecule is c1ccc([C@@]23CCNC[C@@H]2OC3)nc1. The number of hydrogen-bond acceptors (Lipinski definition) is 3. The Bertz CT molecular complexity index is 327. The normalized spacial score (nSPS) is 35.9. The van der Waals surface area contributed by atoms with Crippen LogP contribution in [-0.4, -0.2) is 30.8 Å². The van der Waals surface area contributed by atoms with E-state index in [1.54, 1.807) is 0 Å². The highest BCUT2D eigenvalue weighted by molar-refractivity contribution is 5.25. The van der Waals surface area contributed by atoms with Gasteiger partial charge in [-0.05, 0) is 25.1 Å². The molecule has 1 aromatic heterocycles. The molecule has 1 N–H and O–H groups in total. The second kappa shape index (κ2) is 3.04. The van der Waals surface area contributed by atoms with E-state index >= 15 is 0 Å². The number of rotatable bonds is 1. The molecule has 2 aliphatic heterocycles. The Morgan fingerprint density at radius 2 is 2.50 bits per heavy atom. The van der Waals surface area contributed by atoms with Crippen molar-refractivity contribution in [3.8, 4) is 0 Å². The van der Waals surface area contributed by atoms with Crippen molar-refractivity contribution in [2.75, 3.05) is 19.7 Å². The molecule has 3 heteroatoms. The zero-order valence-electron chi connectivity index (χ0n) is 8.07. The summed E-state index contributed by atoms with van der Waals surface area (Å²) in [6.45, 7) is 2.89. The van der Waals surface area contributed by atoms with E-state index in [0.29, 0.717) is 6.10 Å². The van der Waals surface area contributed by atoms with Crippen LogP contribution in [0.4, 0.5) is 0 Å². The lowest BCUT2D eigenvalue weighted by molar-refractivity contribution is -0.152. The van der Waals surface area contributed by atoms with Crippen LogP contribution in [0.25, 0.3) is 0 Å². The maximum Gasteiger partial charge on any atom is 0.0834 e. The first-order chi connectivity index (χ1) is 6.92. The summed E-state index contributed by atoms with van der Waals surface area (Å²) in [6, 6.07) is 6.16. The molecule has 2 aliphatic rings. The van der Waals surface area contributed by atoms with Crippen molar-refractivity contribution < 1.29 is 4.74 Å². The highest BCUT2D eigenvalue weighted by Crippen LogP contribution is 2.41. The maximum absolute atomic E-state index is 5.59. The zero-order chi connectivity index (χ0) is 9.43. The molecular weight excluding hydrogens is 176 g/mol. The molecule has 0 bridgehead atoms. The van der Waals surface area contributed by atoms with E-state index in [4.69, 9.17) is 4.74 Å². The number of pyridine rings is 1. The quantitative estimate of drug-likeness (QED) is 0.708. The van der Waals surface area contributed by atoms with Crippen LogP contribution < -0.4 is 5.32 Å². The van der Waals surface area contributed by atoms with Gasteiger partial charge in [0.25, 0.3) is 0 Å². The van der Waals surface area contributed by atoms with E-state index in [1.165, 1.54) is 5.69 Å². The fourth-order valence-electron chi connectivity index (χ4n) is 2.46. The third kappa shape index (κ3) is 1.03. The molecule has 0 saturated carbocycles. The van der Waals surface area contributed by atoms with Crippen LogP contribution in [0.15, 0.2) is 24.4 Å². The Morgan fingerprint density at radius 3 is 3.14 bits per heavy atom. The second-order valence-electron chi connectivity index (χ2n) is 4.12. The van der Waals surface area contributed by atoms with Gasteiger partial charge < -0.3 is 10.1 Å². The predicted octanol–water partition coefficient (Wildman–Crippen LogP) is 0.711. The molecule has 2 atom stereocenters. The molecule has 0 spiro atoms. The first-order valence-electron chi connectivity index (χ1n) is 5.16. The molecule has 14 heavy (non-hydrogen) atoms. The van der Waals surface area contributed by atoms with Crippen molar-refractivity contribution in [3.63, 3.8) is 0 Å². The molecule has 3 nitrogen and oxygen atoms in total. The molecule has 0 amide bonds. The Hall–Kier alpha value is -0.930. The smallest absolute Gasteiger partial charge is 0.0834 e. The van der Waals surface area contributed by atoms with E-state index < -0.39 is 0 Å². The van der Waals surface area contributed by atoms with Crippen molar-refractivity contribution in [3.05, 3.63) is 30.1 Å². The van der Waals surface area contributed by atoms with Gasteiger partial charge in [-0.15, -0.1) is 0 Å². The number of fused-ring (bicyclic) bond motifs is 1. The van der Waals surface area contributed by atoms with E-state index in [-0.39, 0.29) is 5.41 Å². The van der Waals surface area contributed by atoms with E-state index in [9.17, 15) is 0 Å². The summed E-state index contributed by atoms with van der Waals surface area (Å²) in [6.07, 6.45) is 3.36. The minimum Gasteiger partial charge on any atom is -0.375 e. The van der Waals surface area contributed by atoms with Crippen molar-refractivity contribution in [2.24, 2.45) is 0 Å². The average molecular weight is 190 g/mol. The third-order valence-corrected chi connectivity index (χ3v) is 3.41. The molecule has 1 aromatic rings. The van der Waals surface area contributed by atoms with Gasteiger partial charge >= 0.3 is 0 Å². The van der Waals surface area contributed by atoms with Gasteiger partial charge in [0.2, 0.25) is 0 Å². The average Bonchev–Trinajstić information content (AvgIpc) is 2.22. The van der Waals surface area contributed by atoms with Gasteiger partial charge in [0, 0.05) is 12.7 Å². The lowest BCUT2D eigenvalue weighted by Gasteiger charge is -2.51. The van der Waals surface area contributed by atoms with Gasteiger partial charge in [-0.3, -0.25) is 4.98 Å². The summed E-state index contributed by atoms with van der Waals surface area (Å²) in [5.74, 6) is 0. The molecule has 3 rings (SSSR count). The molecule has 0 aromatic carbocycles. The van der Waals surface area contributed by atoms with Crippen LogP contribution in [0.1, 0.15) is 12.1 Å². The minimum absolute atomic E-state index is 0.215. The van der Waals surface area contributed by atoms with Crippen LogP contribution in [0.3, 0.4) is 0 Å². The van der Waals surface area contributed by atoms with Gasteiger partial charge in [0.15, 0.2) is 0 Å². The Kier molecular flexibility index (Phi) is 1.82. The van der Waals surface area contributed by atoms with Crippen LogP contribution in [-0.2, 0) is 10.2 Å². The largest absolute Gasteiger partial charge is 0.375 e. The standard InChI is InChI=1S/C11H14N2O/c1-2-5-13-9(3-1)11-4-6-12-7-10(11)14-8-11/h1-3,5,10,12H,4,6-8H2/t10-,11-/m0/s1. The summed E-state index contributed by atoms with van der Waals surface area (Å²) in [5.41, 5.74) is 1.42. The number of aromatic nitrogens is 1. The van der Waals surface area contributed by atoms with Gasteiger partial charge in [0.1, 0.15) is 0 Å². The van der Waals surface area contributed by atoms with Crippen molar-refractivity contribution in [2.45, 2.75) is 17.9 Å². The fraction of sp³-hybridized carbons (Fsp3) is 0.545. The molecule has 0 unspecified atom stereocenters. The van der Waals surface area contributed by atoms with Gasteiger partial charge in [-0.1, -0.05) is 6.07 Å². The monoisotopic (exact) mass is 190 g/mol. The maximum atomic E-state index is 5.59. The highest BCUT2D eigenvalue weighted by Gasteiger charge is 2.51. The number of nitrogens with one attached hydrogen (secondary N) is 1. The predicted molar refractivity (Wildman–Crippen MR) is 53.1 cm³/mol. The van der Waals surface area contributed by atoms with Crippen LogP contribution in [0.5, 0.6) is 0 Å². The number of piperidine rings is 1. The first-order valence-corrected chi connectivity index (χ1v) is 5.16. The van der Waals surface area contributed by atoms with Crippen LogP contribution >= 0.6 is 0 Å². The topological polar surface area (TPSA) is 34.1 Å². The van der Waals surface area contributed by atoms with E-state index in [0.717, 1.165) is 26.1 Å². The lowest BCUT2D eigenvalue weighted by Crippen LogP contribution is -2.63. The van der Waals surface area contributed by atoms with E-state index in [1.807, 2.05) is 12.3 Å². The summed E-state index contributed by atoms with van der Waals surface area (Å²) >= 11 is 0. The Balaban J connectivity index is 1.96. The highest BCUT2D eigenvalue weighted by atomic mass is 16.5. The number of hydrogen-bond donors (Lipinski definition) is 1. The molecule has 3 heterocycles. The molecule has 0 aliphatic carbocycles. The summed E-state index contributed by atoms with van der Waals surface area (Å²) < 4.78 is 5.59. The number of nitrogens with zero attached hydrogens (tertiary/aromatic N) is 1. The first kappa shape index (κ1) is 8.38. The van der Waals surface area contributed by atoms with Crippen molar-refractivity contribution >= 4 is 0 Å². The summed E-state index contributed by atoms with van der Waals surface area (Å²) in [5, 5.41) is 3.36.